The molecule has 0 spiro atoms. The van der Waals surface area contributed by atoms with Crippen LogP contribution >= 0.6 is 34.9 Å². The number of carbonyl (C=O) groups excluding carboxylic acids is 3. The molecule has 140 valence electrons. The van der Waals surface area contributed by atoms with E-state index in [1.54, 1.807) is 17.8 Å². The molecule has 1 fully saturated rings. The minimum absolute atomic E-state index is 0.248. The Bertz CT molecular complexity index is 861. The van der Waals surface area contributed by atoms with Crippen molar-refractivity contribution < 1.29 is 14.4 Å². The summed E-state index contributed by atoms with van der Waals surface area (Å²) in [5.74, 6) is -0.0311. The smallest absolute Gasteiger partial charge is 0.294 e. The molecule has 27 heavy (non-hydrogen) atoms. The molecular formula is C19H18N2O3S3. The largest absolute Gasteiger partial charge is 0.354 e. The molecule has 1 N–H and O–H groups in total. The molecule has 3 amide bonds. The highest BCUT2D eigenvalue weighted by Crippen LogP contribution is 2.32. The van der Waals surface area contributed by atoms with E-state index in [-0.39, 0.29) is 12.5 Å². The predicted molar refractivity (Wildman–Crippen MR) is 112 cm³/mol. The number of carbonyl (C=O) groups is 3. The van der Waals surface area contributed by atoms with Crippen LogP contribution in [0.5, 0.6) is 0 Å². The molecule has 0 radical (unpaired) electrons. The molecule has 8 heteroatoms. The topological polar surface area (TPSA) is 66.5 Å². The molecule has 1 aliphatic rings. The summed E-state index contributed by atoms with van der Waals surface area (Å²) in [7, 11) is 0. The first-order valence-electron chi connectivity index (χ1n) is 8.28. The maximum atomic E-state index is 12.4. The quantitative estimate of drug-likeness (QED) is 0.418. The highest BCUT2D eigenvalue weighted by molar-refractivity contribution is 8.18. The van der Waals surface area contributed by atoms with Gasteiger partial charge in [0, 0.05) is 22.1 Å². The van der Waals surface area contributed by atoms with E-state index in [0.29, 0.717) is 11.4 Å². The predicted octanol–water partition coefficient (Wildman–Crippen LogP) is 4.00. The number of hydrogen-bond acceptors (Lipinski definition) is 6. The molecule has 1 aromatic heterocycles. The molecule has 0 bridgehead atoms. The number of thiophene rings is 1. The third kappa shape index (κ3) is 5.47. The summed E-state index contributed by atoms with van der Waals surface area (Å²) < 4.78 is 0. The summed E-state index contributed by atoms with van der Waals surface area (Å²) in [5, 5.41) is 4.25. The van der Waals surface area contributed by atoms with Crippen LogP contribution in [-0.4, -0.2) is 40.8 Å². The Balaban J connectivity index is 1.45. The second-order valence-electron chi connectivity index (χ2n) is 5.79. The number of amides is 3. The average Bonchev–Trinajstić information content (AvgIpc) is 3.24. The van der Waals surface area contributed by atoms with Gasteiger partial charge in [-0.15, -0.1) is 23.1 Å². The van der Waals surface area contributed by atoms with Gasteiger partial charge in [-0.05, 0) is 48.3 Å². The molecule has 1 aliphatic heterocycles. The lowest BCUT2D eigenvalue weighted by Gasteiger charge is -2.12. The van der Waals surface area contributed by atoms with Gasteiger partial charge in [0.05, 0.1) is 4.91 Å². The van der Waals surface area contributed by atoms with E-state index in [1.807, 2.05) is 48.7 Å². The van der Waals surface area contributed by atoms with Crippen LogP contribution in [0.15, 0.2) is 51.6 Å². The van der Waals surface area contributed by atoms with Crippen molar-refractivity contribution in [1.82, 2.24) is 10.2 Å². The summed E-state index contributed by atoms with van der Waals surface area (Å²) >= 11 is 4.00. The maximum Gasteiger partial charge on any atom is 0.294 e. The van der Waals surface area contributed by atoms with Crippen molar-refractivity contribution in [2.45, 2.75) is 11.8 Å². The van der Waals surface area contributed by atoms with Crippen LogP contribution in [0.3, 0.4) is 0 Å². The van der Waals surface area contributed by atoms with Gasteiger partial charge in [-0.2, -0.15) is 0 Å². The third-order valence-electron chi connectivity index (χ3n) is 3.71. The Hall–Kier alpha value is -2.03. The van der Waals surface area contributed by atoms with E-state index in [9.17, 15) is 14.4 Å². The van der Waals surface area contributed by atoms with E-state index < -0.39 is 11.1 Å². The fourth-order valence-corrected chi connectivity index (χ4v) is 4.66. The molecule has 3 rings (SSSR count). The van der Waals surface area contributed by atoms with Gasteiger partial charge in [0.1, 0.15) is 6.54 Å². The molecule has 5 nitrogen and oxygen atoms in total. The van der Waals surface area contributed by atoms with Crippen molar-refractivity contribution in [3.8, 4) is 0 Å². The second kappa shape index (κ2) is 9.25. The zero-order valence-electron chi connectivity index (χ0n) is 14.6. The first-order valence-corrected chi connectivity index (χ1v) is 11.0. The number of nitrogens with zero attached hydrogens (tertiary/aromatic N) is 1. The van der Waals surface area contributed by atoms with Crippen molar-refractivity contribution in [2.24, 2.45) is 0 Å². The Labute approximate surface area is 170 Å². The summed E-state index contributed by atoms with van der Waals surface area (Å²) in [6.45, 7) is 2.26. The molecule has 0 aliphatic carbocycles. The van der Waals surface area contributed by atoms with Crippen LogP contribution in [0.2, 0.25) is 0 Å². The Morgan fingerprint density at radius 3 is 2.70 bits per heavy atom. The van der Waals surface area contributed by atoms with Crippen LogP contribution in [0, 0.1) is 6.92 Å². The van der Waals surface area contributed by atoms with Crippen LogP contribution in [0.25, 0.3) is 6.08 Å². The van der Waals surface area contributed by atoms with Crippen molar-refractivity contribution in [3.05, 3.63) is 57.1 Å². The Morgan fingerprint density at radius 1 is 1.22 bits per heavy atom. The van der Waals surface area contributed by atoms with Crippen molar-refractivity contribution in [1.29, 1.82) is 0 Å². The van der Waals surface area contributed by atoms with Gasteiger partial charge in [-0.1, -0.05) is 23.8 Å². The number of nitrogens with one attached hydrogen (secondary N) is 1. The first kappa shape index (κ1) is 19.7. The SMILES string of the molecule is Cc1ccc(SCCNC(=O)CN2C(=O)S/C(=C\c3cccs3)C2=O)cc1. The van der Waals surface area contributed by atoms with E-state index in [0.717, 1.165) is 32.2 Å². The maximum absolute atomic E-state index is 12.4. The van der Waals surface area contributed by atoms with Crippen LogP contribution < -0.4 is 5.32 Å². The van der Waals surface area contributed by atoms with E-state index in [2.05, 4.69) is 5.32 Å². The Morgan fingerprint density at radius 2 is 2.00 bits per heavy atom. The zero-order chi connectivity index (χ0) is 19.2. The van der Waals surface area contributed by atoms with Crippen LogP contribution in [0.4, 0.5) is 4.79 Å². The zero-order valence-corrected chi connectivity index (χ0v) is 17.1. The fourth-order valence-electron chi connectivity index (χ4n) is 2.33. The van der Waals surface area contributed by atoms with Crippen molar-refractivity contribution in [2.75, 3.05) is 18.8 Å². The molecule has 2 heterocycles. The third-order valence-corrected chi connectivity index (χ3v) is 6.45. The summed E-state index contributed by atoms with van der Waals surface area (Å²) in [6, 6.07) is 11.9. The number of imide groups is 1. The Kier molecular flexibility index (Phi) is 6.76. The number of thioether (sulfide) groups is 2. The average molecular weight is 419 g/mol. The van der Waals surface area contributed by atoms with Gasteiger partial charge in [0.15, 0.2) is 0 Å². The lowest BCUT2D eigenvalue weighted by atomic mass is 10.2. The highest BCUT2D eigenvalue weighted by atomic mass is 32.2. The van der Waals surface area contributed by atoms with Crippen molar-refractivity contribution in [3.63, 3.8) is 0 Å². The molecular weight excluding hydrogens is 400 g/mol. The van der Waals surface area contributed by atoms with Gasteiger partial charge >= 0.3 is 0 Å². The molecule has 0 atom stereocenters. The molecule has 0 saturated carbocycles. The van der Waals surface area contributed by atoms with E-state index in [1.165, 1.54) is 16.9 Å². The van der Waals surface area contributed by atoms with Gasteiger partial charge in [-0.3, -0.25) is 19.3 Å². The normalized spacial score (nSPS) is 15.6. The molecule has 1 aromatic carbocycles. The summed E-state index contributed by atoms with van der Waals surface area (Å²) in [4.78, 5) is 39.9. The number of rotatable bonds is 7. The van der Waals surface area contributed by atoms with Gasteiger partial charge in [0.2, 0.25) is 5.91 Å². The molecule has 1 saturated heterocycles. The lowest BCUT2D eigenvalue weighted by Crippen LogP contribution is -2.40. The first-order chi connectivity index (χ1) is 13.0. The lowest BCUT2D eigenvalue weighted by molar-refractivity contribution is -0.129. The highest BCUT2D eigenvalue weighted by Gasteiger charge is 2.36. The molecule has 0 unspecified atom stereocenters. The standard InChI is InChI=1S/C19H18N2O3S3/c1-13-4-6-14(7-5-13)26-10-8-20-17(22)12-21-18(23)16(27-19(21)24)11-15-3-2-9-25-15/h2-7,9,11H,8,10,12H2,1H3,(H,20,22)/b16-11-. The minimum Gasteiger partial charge on any atom is -0.354 e. The monoisotopic (exact) mass is 418 g/mol. The van der Waals surface area contributed by atoms with Gasteiger partial charge < -0.3 is 5.32 Å². The minimum atomic E-state index is -0.414. The number of aryl methyl sites for hydroxylation is 1. The van der Waals surface area contributed by atoms with E-state index >= 15 is 0 Å². The van der Waals surface area contributed by atoms with Gasteiger partial charge in [-0.25, -0.2) is 0 Å². The number of hydrogen-bond donors (Lipinski definition) is 1. The van der Waals surface area contributed by atoms with Gasteiger partial charge in [0.25, 0.3) is 11.1 Å². The summed E-state index contributed by atoms with van der Waals surface area (Å²) in [5.41, 5.74) is 1.21. The van der Waals surface area contributed by atoms with Crippen LogP contribution in [-0.2, 0) is 9.59 Å². The van der Waals surface area contributed by atoms with Crippen molar-refractivity contribution >= 4 is 58.0 Å². The fraction of sp³-hybridized carbons (Fsp3) is 0.211. The summed E-state index contributed by atoms with van der Waals surface area (Å²) in [6.07, 6.45) is 1.69. The number of benzene rings is 1. The van der Waals surface area contributed by atoms with Crippen LogP contribution in [0.1, 0.15) is 10.4 Å². The second-order valence-corrected chi connectivity index (χ2v) is 8.94. The molecule has 2 aromatic rings. The van der Waals surface area contributed by atoms with E-state index in [4.69, 9.17) is 0 Å².